The number of benzene rings is 2. The van der Waals surface area contributed by atoms with Gasteiger partial charge in [-0.15, -0.1) is 0 Å². The van der Waals surface area contributed by atoms with Crippen molar-refractivity contribution in [3.8, 4) is 0 Å². The number of fused-ring (bicyclic) bond motifs is 2. The van der Waals surface area contributed by atoms with Gasteiger partial charge in [-0.25, -0.2) is 4.98 Å². The number of carbonyl (C=O) groups is 2. The summed E-state index contributed by atoms with van der Waals surface area (Å²) in [6.45, 7) is 3.28. The number of ketones is 1. The van der Waals surface area contributed by atoms with Gasteiger partial charge in [0.05, 0.1) is 16.7 Å². The second-order valence-electron chi connectivity index (χ2n) is 8.83. The first-order valence-electron chi connectivity index (χ1n) is 12.4. The molecule has 2 aromatic carbocycles. The summed E-state index contributed by atoms with van der Waals surface area (Å²) in [5, 5.41) is 8.99. The molecule has 0 aliphatic heterocycles. The molecule has 0 saturated carbocycles. The van der Waals surface area contributed by atoms with E-state index in [0.29, 0.717) is 12.8 Å². The Kier molecular flexibility index (Phi) is 10.1. The van der Waals surface area contributed by atoms with Gasteiger partial charge in [-0.3, -0.25) is 4.79 Å². The minimum absolute atomic E-state index is 0.152. The molecule has 0 aliphatic carbocycles. The van der Waals surface area contributed by atoms with Gasteiger partial charge in [-0.05, 0) is 44.7 Å². The van der Waals surface area contributed by atoms with E-state index in [9.17, 15) is 9.59 Å². The van der Waals surface area contributed by atoms with Gasteiger partial charge in [0.1, 0.15) is 5.78 Å². The Morgan fingerprint density at radius 3 is 1.94 bits per heavy atom. The zero-order chi connectivity index (χ0) is 23.3. The van der Waals surface area contributed by atoms with E-state index in [1.165, 1.54) is 16.5 Å². The number of nitrogens with one attached hydrogen (secondary N) is 2. The average Bonchev–Trinajstić information content (AvgIpc) is 2.82. The predicted molar refractivity (Wildman–Crippen MR) is 138 cm³/mol. The summed E-state index contributed by atoms with van der Waals surface area (Å²) >= 11 is 0. The molecule has 0 unspecified atom stereocenters. The Morgan fingerprint density at radius 2 is 1.24 bits per heavy atom. The third kappa shape index (κ3) is 8.16. The molecule has 0 saturated heterocycles. The van der Waals surface area contributed by atoms with Crippen LogP contribution < -0.4 is 10.6 Å². The molecule has 3 aromatic rings. The van der Waals surface area contributed by atoms with E-state index < -0.39 is 0 Å². The van der Waals surface area contributed by atoms with Crippen LogP contribution in [-0.2, 0) is 9.59 Å². The summed E-state index contributed by atoms with van der Waals surface area (Å²) in [5.74, 6) is 0.397. The Labute approximate surface area is 197 Å². The number of aromatic nitrogens is 1. The topological polar surface area (TPSA) is 71.1 Å². The summed E-state index contributed by atoms with van der Waals surface area (Å²) in [5.41, 5.74) is 3.22. The lowest BCUT2D eigenvalue weighted by molar-refractivity contribution is -0.121. The molecular weight excluding hydrogens is 410 g/mol. The average molecular weight is 448 g/mol. The van der Waals surface area contributed by atoms with E-state index in [1.807, 2.05) is 12.1 Å². The number of pyridine rings is 1. The Hall–Kier alpha value is -2.95. The number of hydrogen-bond acceptors (Lipinski definition) is 4. The number of hydrogen-bond donors (Lipinski definition) is 2. The molecule has 1 aromatic heterocycles. The quantitative estimate of drug-likeness (QED) is 0.209. The molecule has 3 rings (SSSR count). The number of nitrogens with zero attached hydrogens (tertiary/aromatic N) is 1. The summed E-state index contributed by atoms with van der Waals surface area (Å²) in [6.07, 6.45) is 9.60. The fraction of sp³-hybridized carbons (Fsp3) is 0.464. The van der Waals surface area contributed by atoms with Crippen LogP contribution in [-0.4, -0.2) is 29.8 Å². The number of para-hydroxylation sites is 2. The molecule has 2 N–H and O–H groups in total. The van der Waals surface area contributed by atoms with Gasteiger partial charge < -0.3 is 15.4 Å². The highest BCUT2D eigenvalue weighted by atomic mass is 16.1. The monoisotopic (exact) mass is 447 g/mol. The van der Waals surface area contributed by atoms with Crippen LogP contribution in [0, 0.1) is 0 Å². The molecule has 0 aliphatic rings. The molecular formula is C28H37N3O2. The van der Waals surface area contributed by atoms with Gasteiger partial charge in [-0.1, -0.05) is 62.1 Å². The molecule has 0 spiro atoms. The van der Waals surface area contributed by atoms with E-state index in [2.05, 4.69) is 47.0 Å². The SMILES string of the molecule is CC(=O)CCCCCNC(=O)CCCCCCCNc1c2ccccc2nc2ccccc12. The maximum absolute atomic E-state index is 11.9. The van der Waals surface area contributed by atoms with Crippen molar-refractivity contribution in [1.82, 2.24) is 10.3 Å². The van der Waals surface area contributed by atoms with Gasteiger partial charge in [0.25, 0.3) is 0 Å². The van der Waals surface area contributed by atoms with Crippen LogP contribution in [0.4, 0.5) is 5.69 Å². The number of anilines is 1. The lowest BCUT2D eigenvalue weighted by Gasteiger charge is -2.13. The normalized spacial score (nSPS) is 11.1. The van der Waals surface area contributed by atoms with Crippen LogP contribution in [0.2, 0.25) is 0 Å². The van der Waals surface area contributed by atoms with Crippen molar-refractivity contribution in [1.29, 1.82) is 0 Å². The lowest BCUT2D eigenvalue weighted by atomic mass is 10.1. The molecule has 0 bridgehead atoms. The maximum atomic E-state index is 11.9. The first-order chi connectivity index (χ1) is 16.1. The summed E-state index contributed by atoms with van der Waals surface area (Å²) in [6, 6.07) is 16.6. The minimum Gasteiger partial charge on any atom is -0.384 e. The van der Waals surface area contributed by atoms with Gasteiger partial charge in [-0.2, -0.15) is 0 Å². The zero-order valence-corrected chi connectivity index (χ0v) is 19.9. The predicted octanol–water partition coefficient (Wildman–Crippen LogP) is 6.41. The van der Waals surface area contributed by atoms with Gasteiger partial charge in [0.15, 0.2) is 0 Å². The van der Waals surface area contributed by atoms with E-state index in [4.69, 9.17) is 4.98 Å². The fourth-order valence-corrected chi connectivity index (χ4v) is 4.18. The van der Waals surface area contributed by atoms with Crippen molar-refractivity contribution in [2.24, 2.45) is 0 Å². The molecule has 0 atom stereocenters. The van der Waals surface area contributed by atoms with Crippen LogP contribution in [0.25, 0.3) is 21.8 Å². The van der Waals surface area contributed by atoms with Crippen molar-refractivity contribution in [3.05, 3.63) is 48.5 Å². The van der Waals surface area contributed by atoms with Crippen molar-refractivity contribution >= 4 is 39.2 Å². The highest BCUT2D eigenvalue weighted by Crippen LogP contribution is 2.30. The van der Waals surface area contributed by atoms with Crippen molar-refractivity contribution < 1.29 is 9.59 Å². The standard InChI is InChI=1S/C28H37N3O2/c1-22(32)14-6-5-13-20-29-27(33)19-7-3-2-4-12-21-30-28-23-15-8-10-17-25(23)31-26-18-11-9-16-24(26)28/h8-11,15-18H,2-7,12-14,19-21H2,1H3,(H,29,33)(H,30,31). The van der Waals surface area contributed by atoms with Crippen LogP contribution in [0.5, 0.6) is 0 Å². The van der Waals surface area contributed by atoms with Gasteiger partial charge in [0, 0.05) is 36.7 Å². The van der Waals surface area contributed by atoms with Gasteiger partial charge >= 0.3 is 0 Å². The Bertz CT molecular complexity index is 994. The van der Waals surface area contributed by atoms with E-state index >= 15 is 0 Å². The molecule has 5 heteroatoms. The van der Waals surface area contributed by atoms with Crippen LogP contribution >= 0.6 is 0 Å². The molecule has 1 amide bonds. The number of Topliss-reactive ketones (excluding diaryl/α,β-unsaturated/α-hetero) is 1. The first kappa shape index (κ1) is 24.7. The van der Waals surface area contributed by atoms with E-state index in [0.717, 1.165) is 75.5 Å². The number of rotatable bonds is 15. The highest BCUT2D eigenvalue weighted by Gasteiger charge is 2.08. The van der Waals surface area contributed by atoms with Crippen LogP contribution in [0.1, 0.15) is 71.1 Å². The second-order valence-corrected chi connectivity index (χ2v) is 8.83. The number of unbranched alkanes of at least 4 members (excludes halogenated alkanes) is 6. The number of carbonyl (C=O) groups excluding carboxylic acids is 2. The summed E-state index contributed by atoms with van der Waals surface area (Å²) in [4.78, 5) is 27.6. The fourth-order valence-electron chi connectivity index (χ4n) is 4.18. The van der Waals surface area contributed by atoms with Gasteiger partial charge in [0.2, 0.25) is 5.91 Å². The Balaban J connectivity index is 1.29. The Morgan fingerprint density at radius 1 is 0.697 bits per heavy atom. The third-order valence-corrected chi connectivity index (χ3v) is 6.00. The molecule has 0 radical (unpaired) electrons. The van der Waals surface area contributed by atoms with Crippen molar-refractivity contribution in [2.75, 3.05) is 18.4 Å². The third-order valence-electron chi connectivity index (χ3n) is 6.00. The van der Waals surface area contributed by atoms with Crippen LogP contribution in [0.3, 0.4) is 0 Å². The number of amides is 1. The molecule has 5 nitrogen and oxygen atoms in total. The van der Waals surface area contributed by atoms with Crippen molar-refractivity contribution in [2.45, 2.75) is 71.1 Å². The van der Waals surface area contributed by atoms with Crippen LogP contribution in [0.15, 0.2) is 48.5 Å². The molecule has 1 heterocycles. The summed E-state index contributed by atoms with van der Waals surface area (Å²) in [7, 11) is 0. The lowest BCUT2D eigenvalue weighted by Crippen LogP contribution is -2.23. The molecule has 0 fully saturated rings. The summed E-state index contributed by atoms with van der Waals surface area (Å²) < 4.78 is 0. The maximum Gasteiger partial charge on any atom is 0.219 e. The molecule has 176 valence electrons. The minimum atomic E-state index is 0.152. The largest absolute Gasteiger partial charge is 0.384 e. The second kappa shape index (κ2) is 13.6. The van der Waals surface area contributed by atoms with E-state index in [-0.39, 0.29) is 11.7 Å². The highest BCUT2D eigenvalue weighted by molar-refractivity contribution is 6.07. The van der Waals surface area contributed by atoms with E-state index in [1.54, 1.807) is 6.92 Å². The first-order valence-corrected chi connectivity index (χ1v) is 12.4. The smallest absolute Gasteiger partial charge is 0.219 e. The zero-order valence-electron chi connectivity index (χ0n) is 19.9. The molecule has 33 heavy (non-hydrogen) atoms. The van der Waals surface area contributed by atoms with Crippen molar-refractivity contribution in [3.63, 3.8) is 0 Å².